The molecule has 1 rings (SSSR count). The highest BCUT2D eigenvalue weighted by Gasteiger charge is 2.10. The molecule has 0 aromatic heterocycles. The van der Waals surface area contributed by atoms with E-state index in [4.69, 9.17) is 9.84 Å². The van der Waals surface area contributed by atoms with Gasteiger partial charge in [-0.3, -0.25) is 0 Å². The van der Waals surface area contributed by atoms with Crippen molar-refractivity contribution in [2.75, 3.05) is 6.61 Å². The second-order valence-corrected chi connectivity index (χ2v) is 2.87. The summed E-state index contributed by atoms with van der Waals surface area (Å²) in [5, 5.41) is 8.51. The van der Waals surface area contributed by atoms with Crippen molar-refractivity contribution in [2.45, 2.75) is 25.4 Å². The Morgan fingerprint density at radius 1 is 1.50 bits per heavy atom. The van der Waals surface area contributed by atoms with E-state index in [9.17, 15) is 4.79 Å². The third kappa shape index (κ3) is 3.49. The molecule has 3 heteroatoms. The molecule has 14 heavy (non-hydrogen) atoms. The summed E-state index contributed by atoms with van der Waals surface area (Å²) in [4.78, 5) is 10.2. The monoisotopic (exact) mass is 192 g/mol. The first-order chi connectivity index (χ1) is 6.86. The third-order valence-electron chi connectivity index (χ3n) is 1.73. The Kier molecular flexibility index (Phi) is 4.57. The number of aliphatic hydroxyl groups excluding tert-OH is 1. The molecular formula is C11H12O3. The number of unbranched alkanes of at least 4 members (excludes halogenated alkanes) is 2. The van der Waals surface area contributed by atoms with Gasteiger partial charge in [-0.15, -0.1) is 0 Å². The van der Waals surface area contributed by atoms with Crippen LogP contribution in [0.3, 0.4) is 0 Å². The van der Waals surface area contributed by atoms with Crippen LogP contribution in [0.1, 0.15) is 19.3 Å². The SMILES string of the molecule is O=C=C1C=CC(C#CCCCCO)O1. The van der Waals surface area contributed by atoms with Crippen LogP contribution in [-0.2, 0) is 9.53 Å². The molecule has 74 valence electrons. The summed E-state index contributed by atoms with van der Waals surface area (Å²) in [6.45, 7) is 0.208. The van der Waals surface area contributed by atoms with Crippen LogP contribution in [0.5, 0.6) is 0 Å². The van der Waals surface area contributed by atoms with Gasteiger partial charge in [0.25, 0.3) is 0 Å². The zero-order chi connectivity index (χ0) is 10.2. The highest BCUT2D eigenvalue weighted by Crippen LogP contribution is 2.10. The molecule has 0 saturated heterocycles. The second kappa shape index (κ2) is 6.04. The van der Waals surface area contributed by atoms with Gasteiger partial charge in [0.05, 0.1) is 0 Å². The normalized spacial score (nSPS) is 18.4. The summed E-state index contributed by atoms with van der Waals surface area (Å²) >= 11 is 0. The third-order valence-corrected chi connectivity index (χ3v) is 1.73. The molecule has 0 aromatic carbocycles. The number of ether oxygens (including phenoxy) is 1. The lowest BCUT2D eigenvalue weighted by Gasteiger charge is -1.98. The van der Waals surface area contributed by atoms with Crippen LogP contribution in [0.4, 0.5) is 0 Å². The minimum Gasteiger partial charge on any atom is -0.463 e. The zero-order valence-corrected chi connectivity index (χ0v) is 7.82. The molecule has 1 unspecified atom stereocenters. The fraction of sp³-hybridized carbons (Fsp3) is 0.455. The van der Waals surface area contributed by atoms with Gasteiger partial charge in [0.15, 0.2) is 12.0 Å². The van der Waals surface area contributed by atoms with E-state index in [-0.39, 0.29) is 18.5 Å². The summed E-state index contributed by atoms with van der Waals surface area (Å²) in [7, 11) is 0. The molecule has 1 heterocycles. The predicted molar refractivity (Wildman–Crippen MR) is 51.9 cm³/mol. The van der Waals surface area contributed by atoms with Crippen LogP contribution >= 0.6 is 0 Å². The van der Waals surface area contributed by atoms with Gasteiger partial charge in [0.2, 0.25) is 5.76 Å². The Morgan fingerprint density at radius 2 is 2.36 bits per heavy atom. The van der Waals surface area contributed by atoms with Crippen molar-refractivity contribution in [2.24, 2.45) is 0 Å². The number of hydrogen-bond acceptors (Lipinski definition) is 3. The lowest BCUT2D eigenvalue weighted by atomic mass is 10.2. The molecule has 1 aliphatic rings. The van der Waals surface area contributed by atoms with Crippen molar-refractivity contribution in [3.05, 3.63) is 17.9 Å². The average molecular weight is 192 g/mol. The summed E-state index contributed by atoms with van der Waals surface area (Å²) in [5.74, 6) is 7.66. The van der Waals surface area contributed by atoms with E-state index in [1.807, 2.05) is 0 Å². The van der Waals surface area contributed by atoms with E-state index in [1.165, 1.54) is 0 Å². The summed E-state index contributed by atoms with van der Waals surface area (Å²) in [6, 6.07) is 0. The van der Waals surface area contributed by atoms with Crippen molar-refractivity contribution < 1.29 is 14.6 Å². The molecule has 0 aliphatic carbocycles. The number of aliphatic hydroxyl groups is 1. The number of hydrogen-bond donors (Lipinski definition) is 1. The molecule has 0 aromatic rings. The molecule has 3 nitrogen and oxygen atoms in total. The van der Waals surface area contributed by atoms with Gasteiger partial charge in [-0.1, -0.05) is 11.8 Å². The van der Waals surface area contributed by atoms with E-state index < -0.39 is 0 Å². The van der Waals surface area contributed by atoms with Crippen LogP contribution in [0.25, 0.3) is 0 Å². The Morgan fingerprint density at radius 3 is 3.00 bits per heavy atom. The predicted octanol–water partition coefficient (Wildman–Crippen LogP) is 0.823. The number of carbonyl (C=O) groups excluding carboxylic acids is 1. The van der Waals surface area contributed by atoms with Gasteiger partial charge in [0, 0.05) is 13.0 Å². The van der Waals surface area contributed by atoms with Crippen LogP contribution < -0.4 is 0 Å². The molecule has 0 amide bonds. The molecule has 0 spiro atoms. The topological polar surface area (TPSA) is 46.5 Å². The maximum absolute atomic E-state index is 10.2. The average Bonchev–Trinajstić information content (AvgIpc) is 2.65. The summed E-state index contributed by atoms with van der Waals surface area (Å²) in [6.07, 6.45) is 5.39. The smallest absolute Gasteiger partial charge is 0.205 e. The highest BCUT2D eigenvalue weighted by atomic mass is 16.5. The Balaban J connectivity index is 2.25. The standard InChI is InChI=1S/C11H12O3/c12-8-4-2-1-3-5-10-6-7-11(9-13)14-10/h6-7,10,12H,1-2,4,8H2. The molecule has 0 bridgehead atoms. The van der Waals surface area contributed by atoms with Gasteiger partial charge in [-0.05, 0) is 25.0 Å². The Hall–Kier alpha value is -1.49. The van der Waals surface area contributed by atoms with E-state index in [0.717, 1.165) is 19.3 Å². The largest absolute Gasteiger partial charge is 0.463 e. The van der Waals surface area contributed by atoms with Crippen molar-refractivity contribution >= 4 is 5.94 Å². The van der Waals surface area contributed by atoms with Crippen LogP contribution in [0.15, 0.2) is 17.9 Å². The maximum atomic E-state index is 10.2. The Bertz CT molecular complexity index is 313. The number of allylic oxidation sites excluding steroid dienone is 1. The zero-order valence-electron chi connectivity index (χ0n) is 7.82. The molecule has 1 atom stereocenters. The van der Waals surface area contributed by atoms with Crippen molar-refractivity contribution in [1.82, 2.24) is 0 Å². The van der Waals surface area contributed by atoms with Gasteiger partial charge in [-0.25, -0.2) is 4.79 Å². The van der Waals surface area contributed by atoms with E-state index in [0.29, 0.717) is 0 Å². The quantitative estimate of drug-likeness (QED) is 0.409. The minimum absolute atomic E-state index is 0.208. The number of rotatable bonds is 3. The van der Waals surface area contributed by atoms with E-state index >= 15 is 0 Å². The molecular weight excluding hydrogens is 180 g/mol. The minimum atomic E-state index is -0.305. The van der Waals surface area contributed by atoms with Crippen molar-refractivity contribution in [1.29, 1.82) is 0 Å². The van der Waals surface area contributed by atoms with Crippen molar-refractivity contribution in [3.8, 4) is 11.8 Å². The highest BCUT2D eigenvalue weighted by molar-refractivity contribution is 5.56. The second-order valence-electron chi connectivity index (χ2n) is 2.87. The first-order valence-electron chi connectivity index (χ1n) is 4.56. The van der Waals surface area contributed by atoms with Gasteiger partial charge in [0.1, 0.15) is 0 Å². The summed E-state index contributed by atoms with van der Waals surface area (Å²) < 4.78 is 5.08. The first kappa shape index (κ1) is 10.6. The molecule has 1 aliphatic heterocycles. The Labute approximate surface area is 83.1 Å². The molecule has 0 fully saturated rings. The lowest BCUT2D eigenvalue weighted by molar-refractivity contribution is 0.230. The van der Waals surface area contributed by atoms with E-state index in [2.05, 4.69) is 11.8 Å². The van der Waals surface area contributed by atoms with Crippen LogP contribution in [0.2, 0.25) is 0 Å². The molecule has 0 radical (unpaired) electrons. The fourth-order valence-corrected chi connectivity index (χ4v) is 1.02. The van der Waals surface area contributed by atoms with E-state index in [1.54, 1.807) is 18.1 Å². The molecule has 0 saturated carbocycles. The van der Waals surface area contributed by atoms with Gasteiger partial charge in [-0.2, -0.15) is 0 Å². The first-order valence-corrected chi connectivity index (χ1v) is 4.56. The van der Waals surface area contributed by atoms with Crippen molar-refractivity contribution in [3.63, 3.8) is 0 Å². The summed E-state index contributed by atoms with van der Waals surface area (Å²) in [5.41, 5.74) is 0. The van der Waals surface area contributed by atoms with Crippen LogP contribution in [-0.4, -0.2) is 23.8 Å². The fourth-order valence-electron chi connectivity index (χ4n) is 1.02. The molecule has 1 N–H and O–H groups in total. The van der Waals surface area contributed by atoms with Gasteiger partial charge >= 0.3 is 0 Å². The van der Waals surface area contributed by atoms with Gasteiger partial charge < -0.3 is 9.84 Å². The maximum Gasteiger partial charge on any atom is 0.205 e. The van der Waals surface area contributed by atoms with Crippen LogP contribution in [0, 0.1) is 11.8 Å². The lowest BCUT2D eigenvalue weighted by Crippen LogP contribution is -1.99.